The largest absolute Gasteiger partial charge is 0.377 e. The van der Waals surface area contributed by atoms with Crippen LogP contribution in [0, 0.1) is 0 Å². The Hall–Kier alpha value is -0.650. The average molecular weight is 242 g/mol. The zero-order valence-electron chi connectivity index (χ0n) is 10.2. The molecule has 2 aliphatic heterocycles. The van der Waals surface area contributed by atoms with E-state index in [4.69, 9.17) is 9.47 Å². The van der Waals surface area contributed by atoms with Crippen LogP contribution in [0.5, 0.6) is 0 Å². The Morgan fingerprint density at radius 2 is 1.71 bits per heavy atom. The van der Waals surface area contributed by atoms with E-state index in [0.29, 0.717) is 19.2 Å². The van der Waals surface area contributed by atoms with Gasteiger partial charge in [-0.05, 0) is 25.7 Å². The Labute approximate surface area is 102 Å². The number of hydrogen-bond acceptors (Lipinski definition) is 4. The first-order valence-electron chi connectivity index (χ1n) is 6.55. The van der Waals surface area contributed by atoms with Crippen molar-refractivity contribution >= 4 is 5.91 Å². The van der Waals surface area contributed by atoms with Crippen LogP contribution >= 0.6 is 0 Å². The molecule has 0 aromatic rings. The first-order valence-corrected chi connectivity index (χ1v) is 6.55. The highest BCUT2D eigenvalue weighted by molar-refractivity contribution is 5.77. The molecule has 2 aliphatic rings. The highest BCUT2D eigenvalue weighted by Crippen LogP contribution is 2.11. The molecule has 17 heavy (non-hydrogen) atoms. The smallest absolute Gasteiger partial charge is 0.234 e. The van der Waals surface area contributed by atoms with Gasteiger partial charge in [-0.3, -0.25) is 4.79 Å². The maximum absolute atomic E-state index is 11.5. The molecule has 98 valence electrons. The van der Waals surface area contributed by atoms with E-state index in [9.17, 15) is 4.79 Å². The van der Waals surface area contributed by atoms with Crippen molar-refractivity contribution in [2.75, 3.05) is 32.8 Å². The number of ether oxygens (including phenoxy) is 2. The van der Waals surface area contributed by atoms with Gasteiger partial charge in [-0.1, -0.05) is 0 Å². The molecule has 0 unspecified atom stereocenters. The first-order chi connectivity index (χ1) is 8.34. The number of carbonyl (C=O) groups excluding carboxylic acids is 1. The number of carbonyl (C=O) groups is 1. The van der Waals surface area contributed by atoms with E-state index in [0.717, 1.165) is 45.4 Å². The van der Waals surface area contributed by atoms with E-state index in [1.165, 1.54) is 0 Å². The minimum atomic E-state index is 0.0403. The van der Waals surface area contributed by atoms with Crippen molar-refractivity contribution in [1.82, 2.24) is 10.6 Å². The third-order valence-electron chi connectivity index (χ3n) is 3.23. The Kier molecular flexibility index (Phi) is 5.22. The van der Waals surface area contributed by atoms with Gasteiger partial charge in [-0.25, -0.2) is 0 Å². The van der Waals surface area contributed by atoms with Crippen LogP contribution in [0.25, 0.3) is 0 Å². The minimum Gasteiger partial charge on any atom is -0.377 e. The average Bonchev–Trinajstić information content (AvgIpc) is 2.99. The molecule has 2 fully saturated rings. The van der Waals surface area contributed by atoms with Crippen LogP contribution in [0.15, 0.2) is 0 Å². The Morgan fingerprint density at radius 3 is 2.29 bits per heavy atom. The van der Waals surface area contributed by atoms with E-state index in [1.54, 1.807) is 0 Å². The lowest BCUT2D eigenvalue weighted by atomic mass is 10.2. The molecule has 2 saturated heterocycles. The molecular weight excluding hydrogens is 220 g/mol. The van der Waals surface area contributed by atoms with E-state index in [-0.39, 0.29) is 12.0 Å². The van der Waals surface area contributed by atoms with Gasteiger partial charge in [0.25, 0.3) is 0 Å². The maximum Gasteiger partial charge on any atom is 0.234 e. The number of rotatable bonds is 6. The van der Waals surface area contributed by atoms with Crippen molar-refractivity contribution in [3.8, 4) is 0 Å². The van der Waals surface area contributed by atoms with Gasteiger partial charge in [0.15, 0.2) is 0 Å². The molecule has 0 saturated carbocycles. The zero-order valence-corrected chi connectivity index (χ0v) is 10.2. The molecule has 5 nitrogen and oxygen atoms in total. The van der Waals surface area contributed by atoms with Crippen LogP contribution in [0.2, 0.25) is 0 Å². The summed E-state index contributed by atoms with van der Waals surface area (Å²) >= 11 is 0. The van der Waals surface area contributed by atoms with Crippen molar-refractivity contribution in [3.63, 3.8) is 0 Å². The van der Waals surface area contributed by atoms with Gasteiger partial charge >= 0.3 is 0 Å². The van der Waals surface area contributed by atoms with Crippen LogP contribution in [-0.4, -0.2) is 51.0 Å². The van der Waals surface area contributed by atoms with Gasteiger partial charge in [0.05, 0.1) is 18.8 Å². The van der Waals surface area contributed by atoms with E-state index in [2.05, 4.69) is 10.6 Å². The molecule has 0 spiro atoms. The van der Waals surface area contributed by atoms with Crippen LogP contribution < -0.4 is 10.6 Å². The fourth-order valence-corrected chi connectivity index (χ4v) is 2.25. The Bertz CT molecular complexity index is 236. The summed E-state index contributed by atoms with van der Waals surface area (Å²) in [7, 11) is 0. The fourth-order valence-electron chi connectivity index (χ4n) is 2.25. The minimum absolute atomic E-state index is 0.0403. The molecule has 0 bridgehead atoms. The molecular formula is C12H22N2O3. The van der Waals surface area contributed by atoms with Gasteiger partial charge in [0.2, 0.25) is 5.91 Å². The molecule has 0 radical (unpaired) electrons. The summed E-state index contributed by atoms with van der Waals surface area (Å²) in [6.45, 7) is 3.47. The van der Waals surface area contributed by atoms with Gasteiger partial charge in [0.1, 0.15) is 0 Å². The second-order valence-corrected chi connectivity index (χ2v) is 4.71. The molecule has 1 amide bonds. The molecule has 0 aliphatic carbocycles. The third-order valence-corrected chi connectivity index (χ3v) is 3.23. The van der Waals surface area contributed by atoms with Crippen molar-refractivity contribution in [2.24, 2.45) is 0 Å². The molecule has 2 heterocycles. The predicted molar refractivity (Wildman–Crippen MR) is 63.8 cm³/mol. The second-order valence-electron chi connectivity index (χ2n) is 4.71. The predicted octanol–water partition coefficient (Wildman–Crippen LogP) is 0.0502. The summed E-state index contributed by atoms with van der Waals surface area (Å²) in [5, 5.41) is 6.01. The summed E-state index contributed by atoms with van der Waals surface area (Å²) in [5.41, 5.74) is 0. The van der Waals surface area contributed by atoms with Crippen LogP contribution in [0.3, 0.4) is 0 Å². The highest BCUT2D eigenvalue weighted by Gasteiger charge is 2.17. The monoisotopic (exact) mass is 242 g/mol. The van der Waals surface area contributed by atoms with Gasteiger partial charge in [0, 0.05) is 26.3 Å². The lowest BCUT2D eigenvalue weighted by Crippen LogP contribution is -2.40. The summed E-state index contributed by atoms with van der Waals surface area (Å²) < 4.78 is 10.9. The number of amides is 1. The van der Waals surface area contributed by atoms with E-state index in [1.807, 2.05) is 0 Å². The summed E-state index contributed by atoms with van der Waals surface area (Å²) in [4.78, 5) is 11.5. The summed E-state index contributed by atoms with van der Waals surface area (Å²) in [5.74, 6) is 0.0403. The third kappa shape index (κ3) is 4.61. The standard InChI is InChI=1S/C12H22N2O3/c15-12(14-8-11-4-2-6-17-11)9-13-7-10-3-1-5-16-10/h10-11,13H,1-9H2,(H,14,15)/t10-,11+/m0/s1. The van der Waals surface area contributed by atoms with Gasteiger partial charge in [-0.2, -0.15) is 0 Å². The summed E-state index contributed by atoms with van der Waals surface area (Å²) in [6, 6.07) is 0. The second kappa shape index (κ2) is 6.93. The fraction of sp³-hybridized carbons (Fsp3) is 0.917. The van der Waals surface area contributed by atoms with E-state index >= 15 is 0 Å². The molecule has 0 aromatic heterocycles. The number of hydrogen-bond donors (Lipinski definition) is 2. The Balaban J connectivity index is 1.48. The highest BCUT2D eigenvalue weighted by atomic mass is 16.5. The lowest BCUT2D eigenvalue weighted by Gasteiger charge is -2.12. The molecule has 2 N–H and O–H groups in total. The molecule has 2 rings (SSSR count). The van der Waals surface area contributed by atoms with Crippen LogP contribution in [-0.2, 0) is 14.3 Å². The number of nitrogens with one attached hydrogen (secondary N) is 2. The van der Waals surface area contributed by atoms with Crippen molar-refractivity contribution < 1.29 is 14.3 Å². The maximum atomic E-state index is 11.5. The summed E-state index contributed by atoms with van der Waals surface area (Å²) in [6.07, 6.45) is 4.92. The van der Waals surface area contributed by atoms with Crippen LogP contribution in [0.1, 0.15) is 25.7 Å². The van der Waals surface area contributed by atoms with Crippen molar-refractivity contribution in [1.29, 1.82) is 0 Å². The normalized spacial score (nSPS) is 28.5. The van der Waals surface area contributed by atoms with E-state index < -0.39 is 0 Å². The van der Waals surface area contributed by atoms with Crippen molar-refractivity contribution in [2.45, 2.75) is 37.9 Å². The Morgan fingerprint density at radius 1 is 1.06 bits per heavy atom. The topological polar surface area (TPSA) is 59.6 Å². The van der Waals surface area contributed by atoms with Gasteiger partial charge in [-0.15, -0.1) is 0 Å². The molecule has 5 heteroatoms. The molecule has 2 atom stereocenters. The van der Waals surface area contributed by atoms with Crippen LogP contribution in [0.4, 0.5) is 0 Å². The van der Waals surface area contributed by atoms with Gasteiger partial charge < -0.3 is 20.1 Å². The first kappa shape index (κ1) is 12.8. The van der Waals surface area contributed by atoms with Crippen molar-refractivity contribution in [3.05, 3.63) is 0 Å². The quantitative estimate of drug-likeness (QED) is 0.691. The lowest BCUT2D eigenvalue weighted by molar-refractivity contribution is -0.120. The molecule has 0 aromatic carbocycles. The zero-order chi connectivity index (χ0) is 11.9. The SMILES string of the molecule is O=C(CNC[C@@H]1CCCO1)NC[C@H]1CCCO1.